The fourth-order valence-electron chi connectivity index (χ4n) is 4.25. The van der Waals surface area contributed by atoms with Gasteiger partial charge in [-0.15, -0.1) is 0 Å². The summed E-state index contributed by atoms with van der Waals surface area (Å²) in [6.45, 7) is 8.16. The molecule has 0 aliphatic heterocycles. The van der Waals surface area contributed by atoms with E-state index in [0.717, 1.165) is 39.1 Å². The van der Waals surface area contributed by atoms with Crippen molar-refractivity contribution in [1.29, 1.82) is 0 Å². The number of nitrogens with zero attached hydrogens (tertiary/aromatic N) is 3. The van der Waals surface area contributed by atoms with Gasteiger partial charge in [-0.25, -0.2) is 4.68 Å². The van der Waals surface area contributed by atoms with Crippen LogP contribution < -0.4 is 9.47 Å². The van der Waals surface area contributed by atoms with Crippen LogP contribution in [0.15, 0.2) is 48.5 Å². The molecule has 2 aromatic heterocycles. The van der Waals surface area contributed by atoms with Crippen LogP contribution in [0.3, 0.4) is 0 Å². The van der Waals surface area contributed by atoms with Crippen LogP contribution in [0.5, 0.6) is 11.6 Å². The zero-order valence-electron chi connectivity index (χ0n) is 20.7. The second-order valence-corrected chi connectivity index (χ2v) is 9.03. The molecule has 176 valence electrons. The summed E-state index contributed by atoms with van der Waals surface area (Å²) in [5.74, 6) is 1.40. The standard InChI is InChI=1S/C28H31N3O3/c1-17-7-9-21(10-8-17)19(3)13-23(32)16-34-25-14-20(4)26-27(30-31(5)28(26)29-25)22-11-18(2)12-24(15-22)33-6/h7-12,14-15,19H,13,16H2,1-6H3/t19-/m1/s1. The predicted molar refractivity (Wildman–Crippen MR) is 135 cm³/mol. The first kappa shape index (κ1) is 23.5. The minimum absolute atomic E-state index is 0.00602. The maximum atomic E-state index is 12.6. The molecule has 0 saturated carbocycles. The summed E-state index contributed by atoms with van der Waals surface area (Å²) >= 11 is 0. The first-order chi connectivity index (χ1) is 16.2. The average molecular weight is 458 g/mol. The highest BCUT2D eigenvalue weighted by molar-refractivity contribution is 5.94. The Bertz CT molecular complexity index is 1340. The van der Waals surface area contributed by atoms with Gasteiger partial charge in [-0.3, -0.25) is 4.79 Å². The monoisotopic (exact) mass is 457 g/mol. The fourth-order valence-corrected chi connectivity index (χ4v) is 4.25. The minimum Gasteiger partial charge on any atom is -0.497 e. The third-order valence-corrected chi connectivity index (χ3v) is 6.09. The number of ketones is 1. The van der Waals surface area contributed by atoms with E-state index in [2.05, 4.69) is 49.2 Å². The van der Waals surface area contributed by atoms with E-state index in [1.165, 1.54) is 5.56 Å². The van der Waals surface area contributed by atoms with E-state index in [4.69, 9.17) is 14.6 Å². The molecule has 0 aliphatic rings. The molecule has 0 aliphatic carbocycles. The Balaban J connectivity index is 1.52. The number of Topliss-reactive ketones (excluding diaryl/α,β-unsaturated/α-hetero) is 1. The van der Waals surface area contributed by atoms with Crippen molar-refractivity contribution in [1.82, 2.24) is 14.8 Å². The lowest BCUT2D eigenvalue weighted by Crippen LogP contribution is -2.14. The number of carbonyl (C=O) groups excluding carboxylic acids is 1. The lowest BCUT2D eigenvalue weighted by molar-refractivity contribution is -0.121. The number of fused-ring (bicyclic) bond motifs is 1. The predicted octanol–water partition coefficient (Wildman–Crippen LogP) is 5.71. The van der Waals surface area contributed by atoms with Gasteiger partial charge in [-0.2, -0.15) is 10.1 Å². The highest BCUT2D eigenvalue weighted by Crippen LogP contribution is 2.33. The number of hydrogen-bond donors (Lipinski definition) is 0. The molecule has 0 bridgehead atoms. The molecule has 0 amide bonds. The molecule has 0 saturated heterocycles. The Labute approximate surface area is 200 Å². The summed E-state index contributed by atoms with van der Waals surface area (Å²) in [4.78, 5) is 17.2. The number of pyridine rings is 1. The topological polar surface area (TPSA) is 66.2 Å². The fraction of sp³-hybridized carbons (Fsp3) is 0.321. The number of rotatable bonds is 8. The van der Waals surface area contributed by atoms with Gasteiger partial charge in [0, 0.05) is 25.1 Å². The van der Waals surface area contributed by atoms with Gasteiger partial charge in [0.25, 0.3) is 0 Å². The first-order valence-corrected chi connectivity index (χ1v) is 11.5. The van der Waals surface area contributed by atoms with E-state index in [1.54, 1.807) is 11.8 Å². The van der Waals surface area contributed by atoms with Gasteiger partial charge in [-0.1, -0.05) is 36.8 Å². The third kappa shape index (κ3) is 4.96. The van der Waals surface area contributed by atoms with Crippen LogP contribution in [0.1, 0.15) is 41.5 Å². The maximum absolute atomic E-state index is 12.6. The van der Waals surface area contributed by atoms with E-state index >= 15 is 0 Å². The van der Waals surface area contributed by atoms with Crippen LogP contribution >= 0.6 is 0 Å². The molecule has 0 N–H and O–H groups in total. The Hall–Kier alpha value is -3.67. The largest absolute Gasteiger partial charge is 0.497 e. The quantitative estimate of drug-likeness (QED) is 0.339. The Kier molecular flexibility index (Phi) is 6.68. The van der Waals surface area contributed by atoms with Crippen molar-refractivity contribution < 1.29 is 14.3 Å². The Morgan fingerprint density at radius 2 is 1.76 bits per heavy atom. The van der Waals surface area contributed by atoms with Crippen LogP contribution in [0.4, 0.5) is 0 Å². The van der Waals surface area contributed by atoms with Crippen LogP contribution in [0.2, 0.25) is 0 Å². The first-order valence-electron chi connectivity index (χ1n) is 11.5. The second-order valence-electron chi connectivity index (χ2n) is 9.03. The molecule has 2 heterocycles. The molecule has 4 rings (SSSR count). The smallest absolute Gasteiger partial charge is 0.215 e. The Morgan fingerprint density at radius 1 is 1.03 bits per heavy atom. The van der Waals surface area contributed by atoms with Gasteiger partial charge in [0.05, 0.1) is 12.5 Å². The van der Waals surface area contributed by atoms with E-state index in [-0.39, 0.29) is 18.3 Å². The summed E-state index contributed by atoms with van der Waals surface area (Å²) in [6, 6.07) is 16.2. The third-order valence-electron chi connectivity index (χ3n) is 6.09. The van der Waals surface area contributed by atoms with Gasteiger partial charge < -0.3 is 9.47 Å². The van der Waals surface area contributed by atoms with Gasteiger partial charge in [0.1, 0.15) is 18.1 Å². The SMILES string of the molecule is COc1cc(C)cc(-c2nn(C)c3nc(OCC(=O)C[C@@H](C)c4ccc(C)cc4)cc(C)c23)c1. The molecule has 6 heteroatoms. The van der Waals surface area contributed by atoms with Crippen LogP contribution in [0.25, 0.3) is 22.3 Å². The van der Waals surface area contributed by atoms with Crippen molar-refractivity contribution in [2.24, 2.45) is 7.05 Å². The molecule has 4 aromatic rings. The number of carbonyl (C=O) groups is 1. The minimum atomic E-state index is -0.00602. The molecular formula is C28H31N3O3. The van der Waals surface area contributed by atoms with Gasteiger partial charge in [-0.05, 0) is 61.6 Å². The lowest BCUT2D eigenvalue weighted by Gasteiger charge is -2.12. The van der Waals surface area contributed by atoms with Crippen molar-refractivity contribution in [2.75, 3.05) is 13.7 Å². The van der Waals surface area contributed by atoms with Crippen molar-refractivity contribution in [2.45, 2.75) is 40.0 Å². The van der Waals surface area contributed by atoms with Gasteiger partial charge in [0.2, 0.25) is 5.88 Å². The molecule has 0 unspecified atom stereocenters. The number of ether oxygens (including phenoxy) is 2. The molecule has 0 fully saturated rings. The van der Waals surface area contributed by atoms with Crippen molar-refractivity contribution >= 4 is 16.8 Å². The van der Waals surface area contributed by atoms with E-state index in [0.29, 0.717) is 17.9 Å². The average Bonchev–Trinajstić information content (AvgIpc) is 3.14. The number of benzene rings is 2. The normalized spacial score (nSPS) is 12.1. The molecular weight excluding hydrogens is 426 g/mol. The van der Waals surface area contributed by atoms with E-state index in [9.17, 15) is 4.79 Å². The van der Waals surface area contributed by atoms with Gasteiger partial charge >= 0.3 is 0 Å². The number of aromatic nitrogens is 3. The van der Waals surface area contributed by atoms with Crippen LogP contribution in [-0.2, 0) is 11.8 Å². The van der Waals surface area contributed by atoms with Crippen LogP contribution in [-0.4, -0.2) is 34.3 Å². The Morgan fingerprint density at radius 3 is 2.47 bits per heavy atom. The molecule has 2 aromatic carbocycles. The van der Waals surface area contributed by atoms with Crippen molar-refractivity contribution in [3.05, 3.63) is 70.8 Å². The zero-order chi connectivity index (χ0) is 24.4. The summed E-state index contributed by atoms with van der Waals surface area (Å²) < 4.78 is 13.0. The van der Waals surface area contributed by atoms with Crippen LogP contribution in [0, 0.1) is 20.8 Å². The highest BCUT2D eigenvalue weighted by Gasteiger charge is 2.18. The highest BCUT2D eigenvalue weighted by atomic mass is 16.5. The zero-order valence-corrected chi connectivity index (χ0v) is 20.7. The van der Waals surface area contributed by atoms with Crippen molar-refractivity contribution in [3.63, 3.8) is 0 Å². The second kappa shape index (κ2) is 9.67. The molecule has 0 spiro atoms. The summed E-state index contributed by atoms with van der Waals surface area (Å²) in [7, 11) is 3.53. The van der Waals surface area contributed by atoms with Crippen molar-refractivity contribution in [3.8, 4) is 22.9 Å². The number of methoxy groups -OCH3 is 1. The molecule has 6 nitrogen and oxygen atoms in total. The number of hydrogen-bond acceptors (Lipinski definition) is 5. The maximum Gasteiger partial charge on any atom is 0.215 e. The lowest BCUT2D eigenvalue weighted by atomic mass is 9.95. The summed E-state index contributed by atoms with van der Waals surface area (Å²) in [6.07, 6.45) is 0.426. The summed E-state index contributed by atoms with van der Waals surface area (Å²) in [5, 5.41) is 5.69. The van der Waals surface area contributed by atoms with Gasteiger partial charge in [0.15, 0.2) is 11.4 Å². The summed E-state index contributed by atoms with van der Waals surface area (Å²) in [5.41, 5.74) is 6.99. The molecule has 0 radical (unpaired) electrons. The molecule has 1 atom stereocenters. The number of aryl methyl sites for hydroxylation is 4. The van der Waals surface area contributed by atoms with E-state index in [1.807, 2.05) is 39.1 Å². The van der Waals surface area contributed by atoms with E-state index < -0.39 is 0 Å². The molecule has 34 heavy (non-hydrogen) atoms.